The van der Waals surface area contributed by atoms with Gasteiger partial charge in [0.1, 0.15) is 13.2 Å². The van der Waals surface area contributed by atoms with Crippen LogP contribution in [0.15, 0.2) is 30.3 Å². The van der Waals surface area contributed by atoms with Crippen LogP contribution in [0, 0.1) is 5.92 Å². The minimum absolute atomic E-state index is 0.0636. The topological polar surface area (TPSA) is 124 Å². The molecule has 0 bridgehead atoms. The summed E-state index contributed by atoms with van der Waals surface area (Å²) in [5, 5.41) is 10.7. The monoisotopic (exact) mass is 618 g/mol. The van der Waals surface area contributed by atoms with E-state index in [1.807, 2.05) is 44.2 Å². The maximum atomic E-state index is 13.3. The third kappa shape index (κ3) is 6.66. The van der Waals surface area contributed by atoms with Crippen LogP contribution in [0.1, 0.15) is 62.6 Å². The number of carboxylic acid groups (broad SMARTS) is 1. The molecule has 0 spiro atoms. The van der Waals surface area contributed by atoms with Crippen molar-refractivity contribution < 1.29 is 42.0 Å². The van der Waals surface area contributed by atoms with Crippen LogP contribution in [-0.2, 0) is 14.8 Å². The molecular weight excluding hydrogens is 576 g/mol. The van der Waals surface area contributed by atoms with E-state index in [4.69, 9.17) is 23.7 Å². The molecule has 3 atom stereocenters. The van der Waals surface area contributed by atoms with Crippen molar-refractivity contribution >= 4 is 16.0 Å². The van der Waals surface area contributed by atoms with Crippen LogP contribution in [0.3, 0.4) is 0 Å². The highest BCUT2D eigenvalue weighted by atomic mass is 32.2. The summed E-state index contributed by atoms with van der Waals surface area (Å²) in [7, 11) is -1.91. The second kappa shape index (κ2) is 13.6. The maximum absolute atomic E-state index is 13.3. The summed E-state index contributed by atoms with van der Waals surface area (Å²) in [5.74, 6) is 0.595. The molecule has 2 aromatic rings. The molecule has 5 rings (SSSR count). The number of sulfonamides is 1. The van der Waals surface area contributed by atoms with Crippen molar-refractivity contribution in [3.63, 3.8) is 0 Å². The smallest absolute Gasteiger partial charge is 0.309 e. The van der Waals surface area contributed by atoms with Crippen LogP contribution in [0.4, 0.5) is 0 Å². The lowest BCUT2D eigenvalue weighted by Gasteiger charge is -2.30. The Labute approximate surface area is 253 Å². The first-order valence-corrected chi connectivity index (χ1v) is 16.7. The third-order valence-corrected chi connectivity index (χ3v) is 10.4. The first-order valence-electron chi connectivity index (χ1n) is 15.1. The fraction of sp³-hybridized carbons (Fsp3) is 0.581. The lowest BCUT2D eigenvalue weighted by molar-refractivity contribution is -0.143. The normalized spacial score (nSPS) is 21.3. The van der Waals surface area contributed by atoms with Crippen LogP contribution in [-0.4, -0.2) is 87.7 Å². The second-order valence-corrected chi connectivity index (χ2v) is 13.3. The van der Waals surface area contributed by atoms with Crippen LogP contribution >= 0.6 is 0 Å². The molecule has 11 nitrogen and oxygen atoms in total. The summed E-state index contributed by atoms with van der Waals surface area (Å²) in [4.78, 5) is 15.2. The van der Waals surface area contributed by atoms with E-state index in [2.05, 4.69) is 4.90 Å². The molecule has 2 aromatic carbocycles. The first kappa shape index (κ1) is 31.2. The van der Waals surface area contributed by atoms with Gasteiger partial charge in [-0.3, -0.25) is 9.69 Å². The predicted octanol–water partition coefficient (Wildman–Crippen LogP) is 4.27. The summed E-state index contributed by atoms with van der Waals surface area (Å²) in [6, 6.07) is 8.67. The molecule has 1 fully saturated rings. The van der Waals surface area contributed by atoms with E-state index in [0.717, 1.165) is 24.0 Å². The van der Waals surface area contributed by atoms with Gasteiger partial charge in [-0.05, 0) is 48.2 Å². The summed E-state index contributed by atoms with van der Waals surface area (Å²) in [6.07, 6.45) is 3.11. The van der Waals surface area contributed by atoms with Crippen molar-refractivity contribution in [3.8, 4) is 28.7 Å². The van der Waals surface area contributed by atoms with Gasteiger partial charge in [0, 0.05) is 38.1 Å². The number of ether oxygens (including phenoxy) is 5. The molecule has 43 heavy (non-hydrogen) atoms. The van der Waals surface area contributed by atoms with Crippen LogP contribution in [0.2, 0.25) is 0 Å². The molecule has 3 aliphatic rings. The van der Waals surface area contributed by atoms with Crippen LogP contribution < -0.4 is 23.7 Å². The third-order valence-electron chi connectivity index (χ3n) is 8.41. The van der Waals surface area contributed by atoms with E-state index in [9.17, 15) is 18.3 Å². The molecule has 0 amide bonds. The Balaban J connectivity index is 1.50. The van der Waals surface area contributed by atoms with Gasteiger partial charge in [0.2, 0.25) is 22.6 Å². The van der Waals surface area contributed by atoms with Gasteiger partial charge in [0.15, 0.2) is 23.0 Å². The molecule has 0 saturated carbocycles. The zero-order valence-corrected chi connectivity index (χ0v) is 25.9. The van der Waals surface area contributed by atoms with E-state index in [0.29, 0.717) is 74.4 Å². The number of rotatable bonds is 14. The molecule has 12 heteroatoms. The summed E-state index contributed by atoms with van der Waals surface area (Å²) >= 11 is 0. The SMILES string of the molecule is CCCCCS(=O)(=O)N(CCC)CCN1CC(c2cc(OC)c3c(c2)OCO3)C(C(=O)O)C1c1ccc2c(c1)OCCO2. The average Bonchev–Trinajstić information content (AvgIpc) is 3.63. The number of hydrogen-bond acceptors (Lipinski definition) is 9. The molecule has 236 valence electrons. The lowest BCUT2D eigenvalue weighted by atomic mass is 9.82. The van der Waals surface area contributed by atoms with E-state index in [1.165, 1.54) is 7.11 Å². The molecule has 3 aliphatic heterocycles. The Morgan fingerprint density at radius 2 is 1.74 bits per heavy atom. The minimum Gasteiger partial charge on any atom is -0.493 e. The highest BCUT2D eigenvalue weighted by molar-refractivity contribution is 7.89. The van der Waals surface area contributed by atoms with Gasteiger partial charge in [0.25, 0.3) is 0 Å². The maximum Gasteiger partial charge on any atom is 0.309 e. The fourth-order valence-corrected chi connectivity index (χ4v) is 7.99. The predicted molar refractivity (Wildman–Crippen MR) is 160 cm³/mol. The standard InChI is InChI=1S/C31H42N2O9S/c1-4-6-7-15-43(36,37)33(10-5-2)12-11-32-19-23(22-17-26(38-3)30-27(18-22)41-20-42-30)28(31(34)35)29(32)21-8-9-24-25(16-21)40-14-13-39-24/h8-9,16-18,23,28-29H,4-7,10-15,19-20H2,1-3H3,(H,34,35). The quantitative estimate of drug-likeness (QED) is 0.307. The Morgan fingerprint density at radius 3 is 2.47 bits per heavy atom. The zero-order chi connectivity index (χ0) is 30.6. The molecular formula is C31H42N2O9S. The number of unbranched alkanes of at least 4 members (excludes halogenated alkanes) is 2. The number of benzene rings is 2. The molecule has 3 unspecified atom stereocenters. The number of carbonyl (C=O) groups is 1. The number of nitrogens with zero attached hydrogens (tertiary/aromatic N) is 2. The molecule has 0 aliphatic carbocycles. The average molecular weight is 619 g/mol. The second-order valence-electron chi connectivity index (χ2n) is 11.2. The van der Waals surface area contributed by atoms with Crippen LogP contribution in [0.25, 0.3) is 0 Å². The zero-order valence-electron chi connectivity index (χ0n) is 25.1. The number of likely N-dealkylation sites (tertiary alicyclic amines) is 1. The Morgan fingerprint density at radius 1 is 0.977 bits per heavy atom. The summed E-state index contributed by atoms with van der Waals surface area (Å²) in [6.45, 7) is 6.40. The Bertz CT molecular complexity index is 1400. The number of fused-ring (bicyclic) bond motifs is 2. The fourth-order valence-electron chi connectivity index (χ4n) is 6.35. The van der Waals surface area contributed by atoms with E-state index in [1.54, 1.807) is 4.31 Å². The van der Waals surface area contributed by atoms with Crippen molar-refractivity contribution in [2.45, 2.75) is 51.5 Å². The number of aliphatic carboxylic acids is 1. The van der Waals surface area contributed by atoms with Gasteiger partial charge in [-0.25, -0.2) is 12.7 Å². The van der Waals surface area contributed by atoms with Crippen molar-refractivity contribution in [1.82, 2.24) is 9.21 Å². The lowest BCUT2D eigenvalue weighted by Crippen LogP contribution is -2.40. The van der Waals surface area contributed by atoms with Crippen molar-refractivity contribution in [3.05, 3.63) is 41.5 Å². The van der Waals surface area contributed by atoms with Crippen LogP contribution in [0.5, 0.6) is 28.7 Å². The van der Waals surface area contributed by atoms with E-state index in [-0.39, 0.29) is 19.1 Å². The number of hydrogen-bond donors (Lipinski definition) is 1. The van der Waals surface area contributed by atoms with Gasteiger partial charge >= 0.3 is 5.97 Å². The molecule has 1 N–H and O–H groups in total. The first-order chi connectivity index (χ1) is 20.8. The molecule has 0 radical (unpaired) electrons. The van der Waals surface area contributed by atoms with Gasteiger partial charge in [-0.1, -0.05) is 32.8 Å². The van der Waals surface area contributed by atoms with Crippen molar-refractivity contribution in [1.29, 1.82) is 0 Å². The molecule has 1 saturated heterocycles. The Kier molecular flexibility index (Phi) is 9.88. The number of carboxylic acids is 1. The van der Waals surface area contributed by atoms with Crippen molar-refractivity contribution in [2.75, 3.05) is 59.0 Å². The van der Waals surface area contributed by atoms with Gasteiger partial charge < -0.3 is 28.8 Å². The number of methoxy groups -OCH3 is 1. The summed E-state index contributed by atoms with van der Waals surface area (Å²) in [5.41, 5.74) is 1.54. The highest BCUT2D eigenvalue weighted by Crippen LogP contribution is 2.51. The minimum atomic E-state index is -3.45. The van der Waals surface area contributed by atoms with Crippen molar-refractivity contribution in [2.24, 2.45) is 5.92 Å². The van der Waals surface area contributed by atoms with Gasteiger partial charge in [0.05, 0.1) is 18.8 Å². The Hall–Kier alpha value is -3.22. The highest BCUT2D eigenvalue weighted by Gasteiger charge is 2.48. The molecule has 0 aromatic heterocycles. The van der Waals surface area contributed by atoms with Gasteiger partial charge in [-0.2, -0.15) is 0 Å². The van der Waals surface area contributed by atoms with E-state index < -0.39 is 33.9 Å². The molecule has 3 heterocycles. The summed E-state index contributed by atoms with van der Waals surface area (Å²) < 4.78 is 56.5. The van der Waals surface area contributed by atoms with Gasteiger partial charge in [-0.15, -0.1) is 0 Å². The van der Waals surface area contributed by atoms with E-state index >= 15 is 0 Å². The largest absolute Gasteiger partial charge is 0.493 e.